The minimum absolute atomic E-state index is 0.539. The molecule has 2 rings (SSSR count). The number of aromatic nitrogens is 1. The summed E-state index contributed by atoms with van der Waals surface area (Å²) in [4.78, 5) is 6.61. The number of nitrogens with zero attached hydrogens (tertiary/aromatic N) is 2. The SMILES string of the molecule is Cc1occc1CN(C)Cc1ccc(CN)cn1. The van der Waals surface area contributed by atoms with E-state index in [2.05, 4.69) is 16.9 Å². The average molecular weight is 245 g/mol. The van der Waals surface area contributed by atoms with Crippen molar-refractivity contribution in [1.82, 2.24) is 9.88 Å². The number of aryl methyl sites for hydroxylation is 1. The third kappa shape index (κ3) is 3.18. The van der Waals surface area contributed by atoms with Crippen molar-refractivity contribution in [2.24, 2.45) is 5.73 Å². The van der Waals surface area contributed by atoms with Gasteiger partial charge in [-0.3, -0.25) is 9.88 Å². The van der Waals surface area contributed by atoms with Crippen molar-refractivity contribution >= 4 is 0 Å². The van der Waals surface area contributed by atoms with Crippen LogP contribution in [0.2, 0.25) is 0 Å². The molecule has 2 N–H and O–H groups in total. The highest BCUT2D eigenvalue weighted by atomic mass is 16.3. The smallest absolute Gasteiger partial charge is 0.105 e. The minimum Gasteiger partial charge on any atom is -0.469 e. The quantitative estimate of drug-likeness (QED) is 0.876. The van der Waals surface area contributed by atoms with E-state index in [1.807, 2.05) is 31.3 Å². The fourth-order valence-electron chi connectivity index (χ4n) is 1.87. The van der Waals surface area contributed by atoms with Gasteiger partial charge in [-0.15, -0.1) is 0 Å². The maximum atomic E-state index is 5.55. The first-order chi connectivity index (χ1) is 8.69. The molecule has 0 bridgehead atoms. The van der Waals surface area contributed by atoms with Gasteiger partial charge in [-0.1, -0.05) is 6.07 Å². The molecule has 2 aromatic rings. The number of nitrogens with two attached hydrogens (primary N) is 1. The average Bonchev–Trinajstić information content (AvgIpc) is 2.76. The van der Waals surface area contributed by atoms with E-state index in [1.165, 1.54) is 5.56 Å². The summed E-state index contributed by atoms with van der Waals surface area (Å²) in [5, 5.41) is 0. The van der Waals surface area contributed by atoms with Crippen LogP contribution in [-0.4, -0.2) is 16.9 Å². The van der Waals surface area contributed by atoms with E-state index in [0.29, 0.717) is 6.54 Å². The predicted octanol–water partition coefficient (Wildman–Crippen LogP) is 2.07. The van der Waals surface area contributed by atoms with Crippen molar-refractivity contribution in [2.45, 2.75) is 26.6 Å². The lowest BCUT2D eigenvalue weighted by Gasteiger charge is -2.15. The minimum atomic E-state index is 0.539. The van der Waals surface area contributed by atoms with Crippen LogP contribution in [-0.2, 0) is 19.6 Å². The summed E-state index contributed by atoms with van der Waals surface area (Å²) in [6, 6.07) is 6.07. The molecule has 2 aromatic heterocycles. The predicted molar refractivity (Wildman–Crippen MR) is 70.7 cm³/mol. The summed E-state index contributed by atoms with van der Waals surface area (Å²) in [6.07, 6.45) is 3.57. The molecule has 0 amide bonds. The Morgan fingerprint density at radius 3 is 2.67 bits per heavy atom. The largest absolute Gasteiger partial charge is 0.469 e. The van der Waals surface area contributed by atoms with Gasteiger partial charge < -0.3 is 10.2 Å². The normalized spacial score (nSPS) is 11.1. The molecular formula is C14H19N3O. The van der Waals surface area contributed by atoms with Gasteiger partial charge in [-0.05, 0) is 31.7 Å². The van der Waals surface area contributed by atoms with Crippen molar-refractivity contribution in [2.75, 3.05) is 7.05 Å². The van der Waals surface area contributed by atoms with Gasteiger partial charge in [0.05, 0.1) is 12.0 Å². The molecule has 0 saturated carbocycles. The van der Waals surface area contributed by atoms with Crippen molar-refractivity contribution in [3.05, 3.63) is 53.2 Å². The Balaban J connectivity index is 1.94. The summed E-state index contributed by atoms with van der Waals surface area (Å²) in [7, 11) is 2.07. The van der Waals surface area contributed by atoms with E-state index >= 15 is 0 Å². The summed E-state index contributed by atoms with van der Waals surface area (Å²) < 4.78 is 5.29. The molecule has 96 valence electrons. The lowest BCUT2D eigenvalue weighted by atomic mass is 10.2. The number of rotatable bonds is 5. The summed E-state index contributed by atoms with van der Waals surface area (Å²) >= 11 is 0. The third-order valence-electron chi connectivity index (χ3n) is 2.96. The maximum absolute atomic E-state index is 5.55. The van der Waals surface area contributed by atoms with Gasteiger partial charge in [0.1, 0.15) is 5.76 Å². The van der Waals surface area contributed by atoms with Crippen LogP contribution < -0.4 is 5.73 Å². The van der Waals surface area contributed by atoms with E-state index in [9.17, 15) is 0 Å². The van der Waals surface area contributed by atoms with Crippen molar-refractivity contribution < 1.29 is 4.42 Å². The van der Waals surface area contributed by atoms with Crippen LogP contribution >= 0.6 is 0 Å². The number of furan rings is 1. The molecule has 0 spiro atoms. The number of hydrogen-bond donors (Lipinski definition) is 1. The summed E-state index contributed by atoms with van der Waals surface area (Å²) in [5.41, 5.74) is 8.88. The van der Waals surface area contributed by atoms with Crippen LogP contribution in [0.15, 0.2) is 35.1 Å². The second-order valence-corrected chi connectivity index (χ2v) is 4.54. The van der Waals surface area contributed by atoms with Gasteiger partial charge in [0, 0.05) is 31.4 Å². The summed E-state index contributed by atoms with van der Waals surface area (Å²) in [5.74, 6) is 0.980. The molecule has 0 aliphatic rings. The molecule has 4 heteroatoms. The molecule has 0 unspecified atom stereocenters. The van der Waals surface area contributed by atoms with E-state index < -0.39 is 0 Å². The molecule has 0 aliphatic heterocycles. The molecule has 0 atom stereocenters. The van der Waals surface area contributed by atoms with Crippen LogP contribution in [0, 0.1) is 6.92 Å². The van der Waals surface area contributed by atoms with Crippen molar-refractivity contribution in [3.8, 4) is 0 Å². The zero-order chi connectivity index (χ0) is 13.0. The molecule has 2 heterocycles. The second kappa shape index (κ2) is 5.80. The fraction of sp³-hybridized carbons (Fsp3) is 0.357. The van der Waals surface area contributed by atoms with Crippen LogP contribution in [0.3, 0.4) is 0 Å². The molecule has 0 aromatic carbocycles. The Kier molecular flexibility index (Phi) is 4.12. The van der Waals surface area contributed by atoms with E-state index in [1.54, 1.807) is 6.26 Å². The number of hydrogen-bond acceptors (Lipinski definition) is 4. The van der Waals surface area contributed by atoms with Crippen molar-refractivity contribution in [1.29, 1.82) is 0 Å². The Hall–Kier alpha value is -1.65. The Morgan fingerprint density at radius 1 is 1.28 bits per heavy atom. The number of pyridine rings is 1. The highest BCUT2D eigenvalue weighted by Gasteiger charge is 2.06. The van der Waals surface area contributed by atoms with Gasteiger partial charge in [-0.2, -0.15) is 0 Å². The zero-order valence-electron chi connectivity index (χ0n) is 10.9. The van der Waals surface area contributed by atoms with Gasteiger partial charge >= 0.3 is 0 Å². The highest BCUT2D eigenvalue weighted by molar-refractivity contribution is 5.16. The lowest BCUT2D eigenvalue weighted by molar-refractivity contribution is 0.312. The molecule has 0 aliphatic carbocycles. The van der Waals surface area contributed by atoms with E-state index in [0.717, 1.165) is 30.1 Å². The molecule has 0 fully saturated rings. The van der Waals surface area contributed by atoms with E-state index in [-0.39, 0.29) is 0 Å². The zero-order valence-corrected chi connectivity index (χ0v) is 10.9. The van der Waals surface area contributed by atoms with Crippen molar-refractivity contribution in [3.63, 3.8) is 0 Å². The lowest BCUT2D eigenvalue weighted by Crippen LogP contribution is -2.18. The fourth-order valence-corrected chi connectivity index (χ4v) is 1.87. The summed E-state index contributed by atoms with van der Waals surface area (Å²) in [6.45, 7) is 4.20. The standard InChI is InChI=1S/C14H19N3O/c1-11-13(5-6-18-11)9-17(2)10-14-4-3-12(7-15)8-16-14/h3-6,8H,7,9-10,15H2,1-2H3. The first kappa shape index (κ1) is 12.8. The Bertz CT molecular complexity index is 490. The van der Waals surface area contributed by atoms with Crippen LogP contribution in [0.5, 0.6) is 0 Å². The monoisotopic (exact) mass is 245 g/mol. The van der Waals surface area contributed by atoms with Gasteiger partial charge in [0.2, 0.25) is 0 Å². The third-order valence-corrected chi connectivity index (χ3v) is 2.96. The molecule has 18 heavy (non-hydrogen) atoms. The molecule has 0 saturated heterocycles. The molecule has 4 nitrogen and oxygen atoms in total. The van der Waals surface area contributed by atoms with Gasteiger partial charge in [0.25, 0.3) is 0 Å². The van der Waals surface area contributed by atoms with Crippen LogP contribution in [0.1, 0.15) is 22.6 Å². The molecular weight excluding hydrogens is 226 g/mol. The second-order valence-electron chi connectivity index (χ2n) is 4.54. The molecule has 0 radical (unpaired) electrons. The Labute approximate surface area is 107 Å². The van der Waals surface area contributed by atoms with Gasteiger partial charge in [0.15, 0.2) is 0 Å². The van der Waals surface area contributed by atoms with E-state index in [4.69, 9.17) is 10.2 Å². The maximum Gasteiger partial charge on any atom is 0.105 e. The topological polar surface area (TPSA) is 55.3 Å². The highest BCUT2D eigenvalue weighted by Crippen LogP contribution is 2.12. The van der Waals surface area contributed by atoms with Crippen LogP contribution in [0.25, 0.3) is 0 Å². The first-order valence-electron chi connectivity index (χ1n) is 6.04. The van der Waals surface area contributed by atoms with Gasteiger partial charge in [-0.25, -0.2) is 0 Å². The first-order valence-corrected chi connectivity index (χ1v) is 6.04. The van der Waals surface area contributed by atoms with Crippen LogP contribution in [0.4, 0.5) is 0 Å². The Morgan fingerprint density at radius 2 is 2.11 bits per heavy atom.